The Morgan fingerprint density at radius 2 is 2.23 bits per heavy atom. The number of nitrogens with zero attached hydrogens (tertiary/aromatic N) is 4. The van der Waals surface area contributed by atoms with E-state index in [1.54, 1.807) is 6.20 Å². The van der Waals surface area contributed by atoms with Crippen LogP contribution in [0.3, 0.4) is 0 Å². The number of carbonyl (C=O) groups excluding carboxylic acids is 1. The summed E-state index contributed by atoms with van der Waals surface area (Å²) in [6.45, 7) is 1.26. The zero-order valence-corrected chi connectivity index (χ0v) is 17.4. The number of rotatable bonds is 4. The van der Waals surface area contributed by atoms with E-state index in [4.69, 9.17) is 9.52 Å². The van der Waals surface area contributed by atoms with Crippen molar-refractivity contribution >= 4 is 29.5 Å². The van der Waals surface area contributed by atoms with Crippen molar-refractivity contribution < 1.29 is 19.1 Å². The Kier molecular flexibility index (Phi) is 4.85. The highest BCUT2D eigenvalue weighted by Gasteiger charge is 2.38. The Labute approximate surface area is 181 Å². The average molecular weight is 437 g/mol. The van der Waals surface area contributed by atoms with Gasteiger partial charge in [0.05, 0.1) is 0 Å². The number of nitrogens with one attached hydrogen (secondary N) is 1. The van der Waals surface area contributed by atoms with Crippen LogP contribution in [0.15, 0.2) is 46.3 Å². The van der Waals surface area contributed by atoms with Crippen molar-refractivity contribution in [2.24, 2.45) is 0 Å². The van der Waals surface area contributed by atoms with E-state index < -0.39 is 5.97 Å². The molecule has 158 valence electrons. The van der Waals surface area contributed by atoms with Gasteiger partial charge in [0.1, 0.15) is 17.6 Å². The number of carboxylic acids is 1. The minimum absolute atomic E-state index is 0.119. The number of fused-ring (bicyclic) bond motifs is 3. The van der Waals surface area contributed by atoms with Crippen molar-refractivity contribution in [2.75, 3.05) is 24.2 Å². The molecule has 0 spiro atoms. The standard InChI is InChI=1S/C21H19N5O4S/c1-31-21-23-8-15-17(25-21)26-9-13(6-14(26)7-22-18(15)27)11-3-2-4-12(5-11)19-24-16(10-30-19)20(28)29/h2-5,8,10,13-14H,6-7,9H2,1H3,(H,22,27)(H,28,29). The highest BCUT2D eigenvalue weighted by atomic mass is 32.2. The molecule has 2 aliphatic rings. The van der Waals surface area contributed by atoms with Gasteiger partial charge in [0.15, 0.2) is 10.9 Å². The predicted octanol–water partition coefficient (Wildman–Crippen LogP) is 2.66. The number of carbonyl (C=O) groups is 2. The zero-order valence-electron chi connectivity index (χ0n) is 16.6. The summed E-state index contributed by atoms with van der Waals surface area (Å²) in [5.41, 5.74) is 2.21. The molecule has 9 nitrogen and oxygen atoms in total. The molecule has 1 amide bonds. The summed E-state index contributed by atoms with van der Waals surface area (Å²) in [6.07, 6.45) is 5.51. The minimum atomic E-state index is -1.12. The van der Waals surface area contributed by atoms with Crippen LogP contribution in [0, 0.1) is 0 Å². The zero-order chi connectivity index (χ0) is 21.5. The van der Waals surface area contributed by atoms with Crippen molar-refractivity contribution in [3.8, 4) is 11.5 Å². The van der Waals surface area contributed by atoms with Gasteiger partial charge in [0.25, 0.3) is 5.91 Å². The number of anilines is 1. The van der Waals surface area contributed by atoms with Gasteiger partial charge in [-0.15, -0.1) is 0 Å². The topological polar surface area (TPSA) is 121 Å². The smallest absolute Gasteiger partial charge is 0.357 e. The van der Waals surface area contributed by atoms with E-state index in [9.17, 15) is 9.59 Å². The van der Waals surface area contributed by atoms with E-state index in [0.29, 0.717) is 29.6 Å². The van der Waals surface area contributed by atoms with Crippen molar-refractivity contribution in [1.29, 1.82) is 0 Å². The summed E-state index contributed by atoms with van der Waals surface area (Å²) in [5, 5.41) is 12.7. The van der Waals surface area contributed by atoms with E-state index in [2.05, 4.69) is 25.2 Å². The normalized spacial score (nSPS) is 20.0. The fourth-order valence-corrected chi connectivity index (χ4v) is 4.52. The van der Waals surface area contributed by atoms with Gasteiger partial charge in [-0.1, -0.05) is 23.9 Å². The maximum atomic E-state index is 12.5. The lowest BCUT2D eigenvalue weighted by Gasteiger charge is -2.23. The van der Waals surface area contributed by atoms with Gasteiger partial charge < -0.3 is 19.7 Å². The summed E-state index contributed by atoms with van der Waals surface area (Å²) in [5.74, 6) is -0.0936. The predicted molar refractivity (Wildman–Crippen MR) is 114 cm³/mol. The van der Waals surface area contributed by atoms with E-state index >= 15 is 0 Å². The molecular weight excluding hydrogens is 418 g/mol. The van der Waals surface area contributed by atoms with Gasteiger partial charge in [-0.05, 0) is 30.4 Å². The number of hydrogen-bond donors (Lipinski definition) is 2. The maximum absolute atomic E-state index is 12.5. The summed E-state index contributed by atoms with van der Waals surface area (Å²) in [6, 6.07) is 7.93. The van der Waals surface area contributed by atoms with Crippen LogP contribution in [0.2, 0.25) is 0 Å². The minimum Gasteiger partial charge on any atom is -0.476 e. The van der Waals surface area contributed by atoms with E-state index in [1.807, 2.05) is 30.5 Å². The molecule has 2 aliphatic heterocycles. The van der Waals surface area contributed by atoms with Crippen LogP contribution in [0.25, 0.3) is 11.5 Å². The molecule has 31 heavy (non-hydrogen) atoms. The first-order valence-corrected chi connectivity index (χ1v) is 11.0. The second-order valence-corrected chi connectivity index (χ2v) is 8.28. The molecule has 1 saturated heterocycles. The monoisotopic (exact) mass is 437 g/mol. The third kappa shape index (κ3) is 3.52. The molecule has 0 aliphatic carbocycles. The molecule has 0 radical (unpaired) electrons. The Morgan fingerprint density at radius 3 is 3.00 bits per heavy atom. The van der Waals surface area contributed by atoms with Crippen LogP contribution >= 0.6 is 11.8 Å². The Balaban J connectivity index is 1.45. The second kappa shape index (κ2) is 7.69. The number of aromatic nitrogens is 3. The van der Waals surface area contributed by atoms with E-state index in [1.165, 1.54) is 11.8 Å². The number of thioether (sulfide) groups is 1. The van der Waals surface area contributed by atoms with Crippen molar-refractivity contribution in [3.63, 3.8) is 0 Å². The first-order chi connectivity index (χ1) is 15.0. The maximum Gasteiger partial charge on any atom is 0.357 e. The van der Waals surface area contributed by atoms with Crippen molar-refractivity contribution in [1.82, 2.24) is 20.3 Å². The van der Waals surface area contributed by atoms with Crippen LogP contribution in [0.1, 0.15) is 38.7 Å². The summed E-state index contributed by atoms with van der Waals surface area (Å²) in [4.78, 5) is 38.7. The summed E-state index contributed by atoms with van der Waals surface area (Å²) < 4.78 is 5.36. The molecule has 4 heterocycles. The largest absolute Gasteiger partial charge is 0.476 e. The molecule has 10 heteroatoms. The number of oxazole rings is 1. The number of amides is 1. The first kappa shape index (κ1) is 19.6. The quantitative estimate of drug-likeness (QED) is 0.468. The van der Waals surface area contributed by atoms with Crippen LogP contribution in [-0.4, -0.2) is 57.3 Å². The lowest BCUT2D eigenvalue weighted by atomic mass is 9.94. The number of hydrogen-bond acceptors (Lipinski definition) is 8. The Morgan fingerprint density at radius 1 is 1.35 bits per heavy atom. The molecule has 5 rings (SSSR count). The molecule has 2 aromatic heterocycles. The fourth-order valence-electron chi connectivity index (χ4n) is 4.18. The van der Waals surface area contributed by atoms with Gasteiger partial charge in [0.2, 0.25) is 5.89 Å². The average Bonchev–Trinajstić information content (AvgIpc) is 3.43. The Bertz CT molecular complexity index is 1180. The van der Waals surface area contributed by atoms with Crippen LogP contribution < -0.4 is 10.2 Å². The summed E-state index contributed by atoms with van der Waals surface area (Å²) >= 11 is 1.44. The van der Waals surface area contributed by atoms with Gasteiger partial charge in [0, 0.05) is 36.8 Å². The molecule has 2 unspecified atom stereocenters. The molecule has 1 aromatic carbocycles. The SMILES string of the molecule is CSc1ncc2c(n1)N1CC(c3cccc(-c4nc(C(=O)O)co4)c3)CC1CNC2=O. The number of carboxylic acid groups (broad SMARTS) is 1. The second-order valence-electron chi connectivity index (χ2n) is 7.51. The molecule has 3 aromatic rings. The number of benzene rings is 1. The number of aromatic carboxylic acids is 1. The van der Waals surface area contributed by atoms with Gasteiger partial charge in [-0.25, -0.2) is 19.7 Å². The van der Waals surface area contributed by atoms with E-state index in [-0.39, 0.29) is 29.5 Å². The third-order valence-electron chi connectivity index (χ3n) is 5.69. The van der Waals surface area contributed by atoms with Gasteiger partial charge in [-0.2, -0.15) is 0 Å². The fraction of sp³-hybridized carbons (Fsp3) is 0.286. The first-order valence-electron chi connectivity index (χ1n) is 9.78. The third-order valence-corrected chi connectivity index (χ3v) is 6.25. The van der Waals surface area contributed by atoms with Crippen LogP contribution in [0.5, 0.6) is 0 Å². The van der Waals surface area contributed by atoms with Crippen LogP contribution in [0.4, 0.5) is 5.82 Å². The summed E-state index contributed by atoms with van der Waals surface area (Å²) in [7, 11) is 0. The Hall–Kier alpha value is -3.40. The molecule has 0 saturated carbocycles. The molecule has 2 atom stereocenters. The molecule has 1 fully saturated rings. The highest BCUT2D eigenvalue weighted by molar-refractivity contribution is 7.98. The highest BCUT2D eigenvalue weighted by Crippen LogP contribution is 2.38. The lowest BCUT2D eigenvalue weighted by molar-refractivity contribution is 0.0690. The van der Waals surface area contributed by atoms with Gasteiger partial charge >= 0.3 is 5.97 Å². The molecular formula is C21H19N5O4S. The molecule has 2 N–H and O–H groups in total. The van der Waals surface area contributed by atoms with Gasteiger partial charge in [-0.3, -0.25) is 4.79 Å². The lowest BCUT2D eigenvalue weighted by Crippen LogP contribution is -2.36. The van der Waals surface area contributed by atoms with Crippen molar-refractivity contribution in [3.05, 3.63) is 53.5 Å². The van der Waals surface area contributed by atoms with Crippen LogP contribution in [-0.2, 0) is 0 Å². The van der Waals surface area contributed by atoms with Crippen molar-refractivity contribution in [2.45, 2.75) is 23.5 Å². The van der Waals surface area contributed by atoms with E-state index in [0.717, 1.165) is 23.8 Å². The molecule has 0 bridgehead atoms.